The van der Waals surface area contributed by atoms with E-state index in [-0.39, 0.29) is 0 Å². The lowest BCUT2D eigenvalue weighted by atomic mass is 10.2. The second-order valence-electron chi connectivity index (χ2n) is 3.32. The lowest BCUT2D eigenvalue weighted by molar-refractivity contribution is -0.147. The Morgan fingerprint density at radius 2 is 1.65 bits per heavy atom. The van der Waals surface area contributed by atoms with Crippen LogP contribution in [0.15, 0.2) is 23.7 Å². The molecule has 0 spiro atoms. The van der Waals surface area contributed by atoms with Gasteiger partial charge in [0.1, 0.15) is 6.10 Å². The highest BCUT2D eigenvalue weighted by Crippen LogP contribution is 2.20. The van der Waals surface area contributed by atoms with Crippen LogP contribution in [0.25, 0.3) is 0 Å². The fraction of sp³-hybridized carbons (Fsp3) is 0.300. The number of carboxylic acids is 2. The number of hydrogen-bond donors (Lipinski definition) is 6. The van der Waals surface area contributed by atoms with Gasteiger partial charge in [0.2, 0.25) is 5.76 Å². The molecule has 0 saturated heterocycles. The first-order chi connectivity index (χ1) is 9.20. The summed E-state index contributed by atoms with van der Waals surface area (Å²) >= 11 is 0. The summed E-state index contributed by atoms with van der Waals surface area (Å²) in [5.41, 5.74) is 0. The molecule has 1 heterocycles. The highest BCUT2D eigenvalue weighted by atomic mass is 16.6. The molecule has 1 aliphatic rings. The maximum Gasteiger partial charge on any atom is 0.377 e. The van der Waals surface area contributed by atoms with Crippen LogP contribution >= 0.6 is 0 Å². The van der Waals surface area contributed by atoms with Gasteiger partial charge in [0, 0.05) is 12.2 Å². The minimum atomic E-state index is -1.42. The first-order valence-corrected chi connectivity index (χ1v) is 4.96. The van der Waals surface area contributed by atoms with Crippen molar-refractivity contribution in [2.45, 2.75) is 12.2 Å². The van der Waals surface area contributed by atoms with Crippen LogP contribution in [0.4, 0.5) is 0 Å². The molecule has 0 fully saturated rings. The average Bonchev–Trinajstić information content (AvgIpc) is 2.64. The minimum absolute atomic E-state index is 0.558. The molecule has 0 unspecified atom stereocenters. The number of carboxylic acid groups (broad SMARTS) is 2. The second-order valence-corrected chi connectivity index (χ2v) is 3.32. The third-order valence-corrected chi connectivity index (χ3v) is 1.84. The van der Waals surface area contributed by atoms with Gasteiger partial charge in [-0.25, -0.2) is 14.4 Å². The second kappa shape index (κ2) is 7.76. The normalized spacial score (nSPS) is 19.3. The molecule has 0 aromatic heterocycles. The number of carbonyl (C=O) groups excluding carboxylic acids is 1. The Morgan fingerprint density at radius 3 is 1.90 bits per heavy atom. The molecule has 0 saturated carbocycles. The summed E-state index contributed by atoms with van der Waals surface area (Å²) in [6, 6.07) is 0. The fourth-order valence-corrected chi connectivity index (χ4v) is 0.965. The first kappa shape index (κ1) is 17.4. The average molecular weight is 292 g/mol. The van der Waals surface area contributed by atoms with Crippen molar-refractivity contribution in [3.63, 3.8) is 0 Å². The van der Waals surface area contributed by atoms with E-state index in [0.717, 1.165) is 0 Å². The van der Waals surface area contributed by atoms with Crippen LogP contribution in [0, 0.1) is 0 Å². The van der Waals surface area contributed by atoms with E-state index in [4.69, 9.17) is 30.6 Å². The number of ether oxygens (including phenoxy) is 1. The quantitative estimate of drug-likeness (QED) is 0.258. The zero-order chi connectivity index (χ0) is 15.9. The van der Waals surface area contributed by atoms with Crippen LogP contribution in [0.3, 0.4) is 0 Å². The van der Waals surface area contributed by atoms with Gasteiger partial charge >= 0.3 is 17.9 Å². The lowest BCUT2D eigenvalue weighted by Gasteiger charge is -2.13. The van der Waals surface area contributed by atoms with Crippen molar-refractivity contribution >= 4 is 17.9 Å². The summed E-state index contributed by atoms with van der Waals surface area (Å²) < 4.78 is 4.32. The van der Waals surface area contributed by atoms with Crippen LogP contribution in [0.1, 0.15) is 0 Å². The van der Waals surface area contributed by atoms with Crippen LogP contribution in [0.2, 0.25) is 0 Å². The molecule has 1 aliphatic heterocycles. The van der Waals surface area contributed by atoms with E-state index in [1.54, 1.807) is 0 Å². The Hall–Kier alpha value is -2.59. The number of aliphatic hydroxyl groups is 4. The van der Waals surface area contributed by atoms with E-state index in [2.05, 4.69) is 4.74 Å². The number of aliphatic hydroxyl groups excluding tert-OH is 4. The van der Waals surface area contributed by atoms with E-state index in [9.17, 15) is 14.4 Å². The number of rotatable bonds is 4. The van der Waals surface area contributed by atoms with Gasteiger partial charge < -0.3 is 35.4 Å². The molecule has 1 rings (SSSR count). The van der Waals surface area contributed by atoms with Crippen molar-refractivity contribution in [2.75, 3.05) is 6.61 Å². The lowest BCUT2D eigenvalue weighted by Crippen LogP contribution is -2.31. The summed E-state index contributed by atoms with van der Waals surface area (Å²) in [5, 5.41) is 50.7. The van der Waals surface area contributed by atoms with E-state index in [1.165, 1.54) is 0 Å². The molecule has 0 radical (unpaired) electrons. The molecule has 6 N–H and O–H groups in total. The number of carbonyl (C=O) groups is 3. The van der Waals surface area contributed by atoms with E-state index in [1.807, 2.05) is 0 Å². The molecule has 20 heavy (non-hydrogen) atoms. The zero-order valence-electron chi connectivity index (χ0n) is 9.83. The van der Waals surface area contributed by atoms with Crippen molar-refractivity contribution in [1.29, 1.82) is 0 Å². The number of hydrogen-bond acceptors (Lipinski definition) is 8. The highest BCUT2D eigenvalue weighted by molar-refractivity contribution is 5.89. The molecule has 112 valence electrons. The standard InChI is InChI=1S/C6H8O6.C4H4O4/c7-1-2(8)5-3(9)4(10)6(11)12-5;5-3(6)1-2-4(7)8/h2,5,7-10H,1H2;1-2H,(H,5,6)(H,7,8)/b;2-1-/t2-,5+;/m0./s1. The van der Waals surface area contributed by atoms with Gasteiger partial charge in [-0.05, 0) is 0 Å². The maximum atomic E-state index is 10.5. The Morgan fingerprint density at radius 1 is 1.20 bits per heavy atom. The molecule has 10 heteroatoms. The topological polar surface area (TPSA) is 182 Å². The molecular weight excluding hydrogens is 280 g/mol. The molecule has 0 aliphatic carbocycles. The van der Waals surface area contributed by atoms with E-state index < -0.39 is 48.2 Å². The SMILES string of the molecule is O=C(O)/C=C\C(=O)O.O=C1O[C@H]([C@@H](O)CO)C(O)=C1O. The number of esters is 1. The van der Waals surface area contributed by atoms with E-state index in [0.29, 0.717) is 12.2 Å². The van der Waals surface area contributed by atoms with E-state index >= 15 is 0 Å². The van der Waals surface area contributed by atoms with Crippen molar-refractivity contribution in [1.82, 2.24) is 0 Å². The van der Waals surface area contributed by atoms with Crippen molar-refractivity contribution in [2.24, 2.45) is 0 Å². The molecule has 2 atom stereocenters. The minimum Gasteiger partial charge on any atom is -0.505 e. The van der Waals surface area contributed by atoms with Gasteiger partial charge in [-0.2, -0.15) is 0 Å². The van der Waals surface area contributed by atoms with Gasteiger partial charge in [0.15, 0.2) is 11.9 Å². The molecule has 10 nitrogen and oxygen atoms in total. The molecule has 0 aromatic rings. The predicted molar refractivity (Wildman–Crippen MR) is 59.7 cm³/mol. The van der Waals surface area contributed by atoms with Crippen LogP contribution in [0.5, 0.6) is 0 Å². The van der Waals surface area contributed by atoms with Crippen molar-refractivity contribution < 1.29 is 49.8 Å². The van der Waals surface area contributed by atoms with Gasteiger partial charge in [-0.1, -0.05) is 0 Å². The molecule has 0 amide bonds. The Kier molecular flexibility index (Phi) is 6.75. The van der Waals surface area contributed by atoms with Crippen LogP contribution in [-0.4, -0.2) is 67.4 Å². The van der Waals surface area contributed by atoms with Gasteiger partial charge in [0.05, 0.1) is 6.61 Å². The maximum absolute atomic E-state index is 10.5. The summed E-state index contributed by atoms with van der Waals surface area (Å²) in [7, 11) is 0. The van der Waals surface area contributed by atoms with Gasteiger partial charge in [-0.15, -0.1) is 0 Å². The van der Waals surface area contributed by atoms with Gasteiger partial charge in [0.25, 0.3) is 0 Å². The molecule has 0 aromatic carbocycles. The van der Waals surface area contributed by atoms with Gasteiger partial charge in [-0.3, -0.25) is 0 Å². The van der Waals surface area contributed by atoms with Crippen LogP contribution in [-0.2, 0) is 19.1 Å². The molecule has 0 bridgehead atoms. The highest BCUT2D eigenvalue weighted by Gasteiger charge is 2.38. The monoisotopic (exact) mass is 292 g/mol. The number of aliphatic carboxylic acids is 2. The first-order valence-electron chi connectivity index (χ1n) is 4.96. The third kappa shape index (κ3) is 5.37. The largest absolute Gasteiger partial charge is 0.505 e. The Labute approximate surface area is 111 Å². The van der Waals surface area contributed by atoms with Crippen molar-refractivity contribution in [3.05, 3.63) is 23.7 Å². The third-order valence-electron chi connectivity index (χ3n) is 1.84. The summed E-state index contributed by atoms with van der Waals surface area (Å²) in [6.45, 7) is -0.671. The smallest absolute Gasteiger partial charge is 0.377 e. The predicted octanol–water partition coefficient (Wildman–Crippen LogP) is -1.70. The Bertz CT molecular complexity index is 433. The molecular formula is C10H12O10. The van der Waals surface area contributed by atoms with Crippen molar-refractivity contribution in [3.8, 4) is 0 Å². The summed E-state index contributed by atoms with van der Waals surface area (Å²) in [6.07, 6.45) is -1.66. The zero-order valence-corrected chi connectivity index (χ0v) is 9.83. The fourth-order valence-electron chi connectivity index (χ4n) is 0.965. The Balaban J connectivity index is 0.000000396. The van der Waals surface area contributed by atoms with Crippen LogP contribution < -0.4 is 0 Å². The number of cyclic esters (lactones) is 1. The summed E-state index contributed by atoms with van der Waals surface area (Å²) in [5.74, 6) is -5.29. The summed E-state index contributed by atoms with van der Waals surface area (Å²) in [4.78, 5) is 29.6.